The molecule has 1 rings (SSSR count). The Labute approximate surface area is 118 Å². The van der Waals surface area contributed by atoms with Crippen molar-refractivity contribution in [1.82, 2.24) is 4.98 Å². The minimum absolute atomic E-state index is 0. The number of nitrogens with two attached hydrogens (primary N) is 1. The van der Waals surface area contributed by atoms with Crippen molar-refractivity contribution in [3.05, 3.63) is 21.4 Å². The van der Waals surface area contributed by atoms with Gasteiger partial charge in [0, 0.05) is 6.20 Å². The van der Waals surface area contributed by atoms with Crippen LogP contribution in [0.1, 0.15) is 0 Å². The Morgan fingerprint density at radius 1 is 1.43 bits per heavy atom. The number of halogens is 3. The maximum atomic E-state index is 8.36. The zero-order valence-electron chi connectivity index (χ0n) is 6.17. The van der Waals surface area contributed by atoms with Crippen LogP contribution >= 0.6 is 34.8 Å². The molecule has 14 heavy (non-hydrogen) atoms. The van der Waals surface area contributed by atoms with E-state index in [-0.39, 0.29) is 51.9 Å². The average Bonchev–Trinajstić information content (AvgIpc) is 2.10. The Morgan fingerprint density at radius 3 is 2.21 bits per heavy atom. The van der Waals surface area contributed by atoms with E-state index in [1.165, 1.54) is 6.20 Å². The van der Waals surface area contributed by atoms with Gasteiger partial charge in [-0.3, -0.25) is 4.79 Å². The van der Waals surface area contributed by atoms with Crippen LogP contribution in [-0.2, 0) is 4.79 Å². The van der Waals surface area contributed by atoms with E-state index in [0.717, 1.165) is 0 Å². The van der Waals surface area contributed by atoms with Crippen LogP contribution in [0.2, 0.25) is 15.2 Å². The van der Waals surface area contributed by atoms with Gasteiger partial charge in [0.1, 0.15) is 10.2 Å². The molecular formula is C6H6Cl3N2NaO2. The van der Waals surface area contributed by atoms with Crippen LogP contribution in [0.4, 0.5) is 5.69 Å². The van der Waals surface area contributed by atoms with Crippen molar-refractivity contribution in [3.63, 3.8) is 0 Å². The summed E-state index contributed by atoms with van der Waals surface area (Å²) in [7, 11) is 0. The maximum absolute atomic E-state index is 8.36. The monoisotopic (exact) mass is 266 g/mol. The molecule has 3 N–H and O–H groups in total. The zero-order chi connectivity index (χ0) is 10.4. The second kappa shape index (κ2) is 8.59. The minimum atomic E-state index is -0.250. The van der Waals surface area contributed by atoms with Gasteiger partial charge in [-0.25, -0.2) is 4.98 Å². The molecule has 1 aromatic rings. The van der Waals surface area contributed by atoms with E-state index in [9.17, 15) is 0 Å². The molecule has 0 spiro atoms. The second-order valence-electron chi connectivity index (χ2n) is 1.73. The fraction of sp³-hybridized carbons (Fsp3) is 0. The van der Waals surface area contributed by atoms with Crippen molar-refractivity contribution in [1.29, 1.82) is 0 Å². The normalized spacial score (nSPS) is 7.93. The number of carbonyl (C=O) groups is 1. The molecule has 8 heteroatoms. The van der Waals surface area contributed by atoms with Gasteiger partial charge in [-0.1, -0.05) is 34.8 Å². The number of rotatable bonds is 0. The molecule has 0 aliphatic heterocycles. The number of hydrogen-bond donors (Lipinski definition) is 2. The number of anilines is 1. The molecule has 0 atom stereocenters. The Bertz CT molecular complexity index is 284. The zero-order valence-corrected chi connectivity index (χ0v) is 8.44. The van der Waals surface area contributed by atoms with E-state index in [1.807, 2.05) is 0 Å². The van der Waals surface area contributed by atoms with E-state index in [2.05, 4.69) is 4.98 Å². The summed E-state index contributed by atoms with van der Waals surface area (Å²) in [6, 6.07) is 0. The molecule has 0 aliphatic carbocycles. The van der Waals surface area contributed by atoms with Crippen LogP contribution in [0, 0.1) is 0 Å². The third-order valence-corrected chi connectivity index (χ3v) is 2.03. The van der Waals surface area contributed by atoms with Crippen LogP contribution in [-0.4, -0.2) is 46.1 Å². The van der Waals surface area contributed by atoms with Crippen LogP contribution < -0.4 is 5.73 Å². The van der Waals surface area contributed by atoms with Gasteiger partial charge in [-0.05, 0) is 0 Å². The van der Waals surface area contributed by atoms with E-state index in [1.54, 1.807) is 0 Å². The quantitative estimate of drug-likeness (QED) is 0.426. The molecule has 0 bridgehead atoms. The summed E-state index contributed by atoms with van der Waals surface area (Å²) < 4.78 is 0. The van der Waals surface area contributed by atoms with Crippen LogP contribution in [0.5, 0.6) is 0 Å². The van der Waals surface area contributed by atoms with Gasteiger partial charge in [0.05, 0.1) is 10.7 Å². The molecule has 4 nitrogen and oxygen atoms in total. The summed E-state index contributed by atoms with van der Waals surface area (Å²) in [6.07, 6.45) is 1.35. The van der Waals surface area contributed by atoms with E-state index in [4.69, 9.17) is 50.4 Å². The first-order valence-corrected chi connectivity index (χ1v) is 4.00. The van der Waals surface area contributed by atoms with Crippen LogP contribution in [0.3, 0.4) is 0 Å². The van der Waals surface area contributed by atoms with Crippen molar-refractivity contribution < 1.29 is 9.90 Å². The Balaban J connectivity index is 0. The van der Waals surface area contributed by atoms with Crippen LogP contribution in [0.25, 0.3) is 0 Å². The van der Waals surface area contributed by atoms with Gasteiger partial charge in [0.25, 0.3) is 6.47 Å². The van der Waals surface area contributed by atoms with Gasteiger partial charge in [-0.2, -0.15) is 0 Å². The summed E-state index contributed by atoms with van der Waals surface area (Å²) in [5.41, 5.74) is 5.66. The second-order valence-corrected chi connectivity index (χ2v) is 2.87. The first-order chi connectivity index (χ1) is 6.04. The standard InChI is InChI=1S/C5H3Cl3N2.CH2O2.Na.H/c6-2-1-10-5(8)3(7)4(2)9;2-1-3;;/h1H,(H2,9,10);1H,(H,2,3);;. The molecule has 1 aromatic heterocycles. The topological polar surface area (TPSA) is 76.2 Å². The van der Waals surface area contributed by atoms with Crippen molar-refractivity contribution in [3.8, 4) is 0 Å². The predicted molar refractivity (Wildman–Crippen MR) is 59.5 cm³/mol. The molecule has 0 aromatic carbocycles. The first kappa shape index (κ1) is 16.7. The Kier molecular flexibility index (Phi) is 10.2. The number of nitrogens with zero attached hydrogens (tertiary/aromatic N) is 1. The summed E-state index contributed by atoms with van der Waals surface area (Å²) >= 11 is 16.6. The number of carboxylic acid groups (broad SMARTS) is 1. The third-order valence-electron chi connectivity index (χ3n) is 0.966. The summed E-state index contributed by atoms with van der Waals surface area (Å²) in [5.74, 6) is 0. The molecule has 74 valence electrons. The predicted octanol–water partition coefficient (Wildman–Crippen LogP) is 1.68. The fourth-order valence-electron chi connectivity index (χ4n) is 0.456. The van der Waals surface area contributed by atoms with Gasteiger partial charge in [0.2, 0.25) is 0 Å². The first-order valence-electron chi connectivity index (χ1n) is 2.87. The molecule has 0 amide bonds. The number of aromatic nitrogens is 1. The van der Waals surface area contributed by atoms with Gasteiger partial charge in [0.15, 0.2) is 0 Å². The molecule has 0 fully saturated rings. The molecule has 0 unspecified atom stereocenters. The van der Waals surface area contributed by atoms with E-state index >= 15 is 0 Å². The van der Waals surface area contributed by atoms with Crippen molar-refractivity contribution in [2.75, 3.05) is 5.73 Å². The third kappa shape index (κ3) is 5.24. The average molecular weight is 267 g/mol. The SMILES string of the molecule is Nc1c(Cl)cnc(Cl)c1Cl.O=CO.[NaH]. The molecule has 0 saturated carbocycles. The van der Waals surface area contributed by atoms with E-state index in [0.29, 0.717) is 5.02 Å². The van der Waals surface area contributed by atoms with Gasteiger partial charge in [-0.15, -0.1) is 0 Å². The summed E-state index contributed by atoms with van der Waals surface area (Å²) in [4.78, 5) is 12.0. The van der Waals surface area contributed by atoms with Crippen molar-refractivity contribution in [2.24, 2.45) is 0 Å². The van der Waals surface area contributed by atoms with Crippen molar-refractivity contribution >= 4 is 76.5 Å². The van der Waals surface area contributed by atoms with Crippen molar-refractivity contribution in [2.45, 2.75) is 0 Å². The molecule has 0 aliphatic rings. The van der Waals surface area contributed by atoms with E-state index < -0.39 is 0 Å². The van der Waals surface area contributed by atoms with Crippen LogP contribution in [0.15, 0.2) is 6.20 Å². The number of nitrogen functional groups attached to an aromatic ring is 1. The summed E-state index contributed by atoms with van der Waals surface area (Å²) in [6.45, 7) is -0.250. The molecule has 1 heterocycles. The van der Waals surface area contributed by atoms with Gasteiger partial charge >= 0.3 is 29.6 Å². The molecule has 0 saturated heterocycles. The Morgan fingerprint density at radius 2 is 1.86 bits per heavy atom. The Hall–Kier alpha value is 0.290. The van der Waals surface area contributed by atoms with Gasteiger partial charge < -0.3 is 10.8 Å². The fourth-order valence-corrected chi connectivity index (χ4v) is 0.948. The number of pyridine rings is 1. The molecule has 0 radical (unpaired) electrons. The molecular weight excluding hydrogens is 261 g/mol. The summed E-state index contributed by atoms with van der Waals surface area (Å²) in [5, 5.41) is 7.58. The number of hydrogen-bond acceptors (Lipinski definition) is 3.